The molecule has 2 amide bonds. The van der Waals surface area contributed by atoms with Gasteiger partial charge in [-0.25, -0.2) is 9.59 Å². The van der Waals surface area contributed by atoms with Crippen molar-refractivity contribution in [2.45, 2.75) is 13.0 Å². The molecule has 1 heterocycles. The maximum absolute atomic E-state index is 11.9. The van der Waals surface area contributed by atoms with Crippen molar-refractivity contribution in [3.63, 3.8) is 0 Å². The number of thiophene rings is 1. The first kappa shape index (κ1) is 15.3. The molecule has 0 spiro atoms. The molecule has 2 aromatic rings. The summed E-state index contributed by atoms with van der Waals surface area (Å²) in [6, 6.07) is 5.52. The third-order valence-electron chi connectivity index (χ3n) is 2.79. The SMILES string of the molecule is CC(NC(=O)Nc1cc(Cl)cc(C(=O)O)c1)c1ccsc1. The summed E-state index contributed by atoms with van der Waals surface area (Å²) >= 11 is 7.38. The number of carboxylic acid groups (broad SMARTS) is 1. The van der Waals surface area contributed by atoms with Crippen LogP contribution in [0.3, 0.4) is 0 Å². The van der Waals surface area contributed by atoms with E-state index in [0.717, 1.165) is 5.56 Å². The smallest absolute Gasteiger partial charge is 0.335 e. The van der Waals surface area contributed by atoms with Crippen molar-refractivity contribution < 1.29 is 14.7 Å². The molecule has 2 rings (SSSR count). The van der Waals surface area contributed by atoms with E-state index in [4.69, 9.17) is 16.7 Å². The third-order valence-corrected chi connectivity index (χ3v) is 3.71. The molecule has 1 aromatic heterocycles. The summed E-state index contributed by atoms with van der Waals surface area (Å²) in [5, 5.41) is 18.4. The van der Waals surface area contributed by atoms with E-state index in [1.165, 1.54) is 18.2 Å². The van der Waals surface area contributed by atoms with Crippen molar-refractivity contribution in [1.82, 2.24) is 5.32 Å². The van der Waals surface area contributed by atoms with Gasteiger partial charge in [0, 0.05) is 10.7 Å². The fourth-order valence-electron chi connectivity index (χ4n) is 1.75. The highest BCUT2D eigenvalue weighted by Gasteiger charge is 2.12. The van der Waals surface area contributed by atoms with Crippen LogP contribution in [0.5, 0.6) is 0 Å². The Labute approximate surface area is 130 Å². The van der Waals surface area contributed by atoms with Crippen molar-refractivity contribution >= 4 is 40.6 Å². The summed E-state index contributed by atoms with van der Waals surface area (Å²) < 4.78 is 0. The van der Waals surface area contributed by atoms with Crippen LogP contribution in [0.2, 0.25) is 5.02 Å². The number of rotatable bonds is 4. The van der Waals surface area contributed by atoms with Gasteiger partial charge < -0.3 is 15.7 Å². The Morgan fingerprint density at radius 2 is 2.10 bits per heavy atom. The Balaban J connectivity index is 2.04. The van der Waals surface area contributed by atoms with E-state index in [9.17, 15) is 9.59 Å². The summed E-state index contributed by atoms with van der Waals surface area (Å²) in [7, 11) is 0. The molecule has 0 fully saturated rings. The number of benzene rings is 1. The van der Waals surface area contributed by atoms with Crippen molar-refractivity contribution in [2.24, 2.45) is 0 Å². The lowest BCUT2D eigenvalue weighted by molar-refractivity contribution is 0.0697. The van der Waals surface area contributed by atoms with E-state index in [2.05, 4.69) is 10.6 Å². The molecule has 1 aromatic carbocycles. The van der Waals surface area contributed by atoms with Crippen LogP contribution in [0.15, 0.2) is 35.0 Å². The topological polar surface area (TPSA) is 78.4 Å². The van der Waals surface area contributed by atoms with Crippen LogP contribution < -0.4 is 10.6 Å². The highest BCUT2D eigenvalue weighted by atomic mass is 35.5. The molecule has 0 saturated carbocycles. The van der Waals surface area contributed by atoms with Gasteiger partial charge >= 0.3 is 12.0 Å². The highest BCUT2D eigenvalue weighted by molar-refractivity contribution is 7.07. The second kappa shape index (κ2) is 6.60. The number of anilines is 1. The van der Waals surface area contributed by atoms with Gasteiger partial charge in [0.25, 0.3) is 0 Å². The van der Waals surface area contributed by atoms with E-state index in [1.807, 2.05) is 23.8 Å². The summed E-state index contributed by atoms with van der Waals surface area (Å²) in [5.74, 6) is -1.10. The minimum Gasteiger partial charge on any atom is -0.478 e. The molecule has 1 unspecified atom stereocenters. The van der Waals surface area contributed by atoms with E-state index >= 15 is 0 Å². The summed E-state index contributed by atoms with van der Waals surface area (Å²) in [4.78, 5) is 22.8. The zero-order chi connectivity index (χ0) is 15.4. The number of amides is 2. The number of carboxylic acids is 1. The first-order chi connectivity index (χ1) is 9.95. The van der Waals surface area contributed by atoms with Gasteiger partial charge in [0.1, 0.15) is 0 Å². The maximum Gasteiger partial charge on any atom is 0.335 e. The maximum atomic E-state index is 11.9. The fraction of sp³-hybridized carbons (Fsp3) is 0.143. The predicted octanol–water partition coefficient (Wildman–Crippen LogP) is 3.98. The average Bonchev–Trinajstić information content (AvgIpc) is 2.91. The average molecular weight is 325 g/mol. The summed E-state index contributed by atoms with van der Waals surface area (Å²) in [5.41, 5.74) is 1.35. The number of hydrogen-bond acceptors (Lipinski definition) is 3. The van der Waals surface area contributed by atoms with Crippen molar-refractivity contribution in [2.75, 3.05) is 5.32 Å². The number of hydrogen-bond donors (Lipinski definition) is 3. The van der Waals surface area contributed by atoms with E-state index in [0.29, 0.717) is 5.69 Å². The lowest BCUT2D eigenvalue weighted by atomic mass is 10.2. The summed E-state index contributed by atoms with van der Waals surface area (Å²) in [6.07, 6.45) is 0. The van der Waals surface area contributed by atoms with Crippen molar-refractivity contribution in [1.29, 1.82) is 0 Å². The minimum absolute atomic E-state index is 0.0173. The number of carbonyl (C=O) groups excluding carboxylic acids is 1. The van der Waals surface area contributed by atoms with Crippen LogP contribution in [0.1, 0.15) is 28.9 Å². The van der Waals surface area contributed by atoms with Gasteiger partial charge in [0.2, 0.25) is 0 Å². The molecule has 0 aliphatic rings. The van der Waals surface area contributed by atoms with Gasteiger partial charge in [0.05, 0.1) is 11.6 Å². The Morgan fingerprint density at radius 1 is 1.33 bits per heavy atom. The Morgan fingerprint density at radius 3 is 2.71 bits per heavy atom. The van der Waals surface area contributed by atoms with Crippen LogP contribution in [0.25, 0.3) is 0 Å². The number of carbonyl (C=O) groups is 2. The van der Waals surface area contributed by atoms with Gasteiger partial charge in [-0.05, 0) is 47.5 Å². The lowest BCUT2D eigenvalue weighted by Gasteiger charge is -2.14. The molecule has 7 heteroatoms. The molecule has 1 atom stereocenters. The molecule has 21 heavy (non-hydrogen) atoms. The molecule has 0 radical (unpaired) electrons. The number of urea groups is 1. The summed E-state index contributed by atoms with van der Waals surface area (Å²) in [6.45, 7) is 1.86. The number of halogens is 1. The van der Waals surface area contributed by atoms with Gasteiger partial charge in [-0.2, -0.15) is 11.3 Å². The van der Waals surface area contributed by atoms with E-state index < -0.39 is 12.0 Å². The van der Waals surface area contributed by atoms with Gasteiger partial charge in [0.15, 0.2) is 0 Å². The van der Waals surface area contributed by atoms with Gasteiger partial charge in [-0.3, -0.25) is 0 Å². The first-order valence-electron chi connectivity index (χ1n) is 6.09. The molecule has 0 aliphatic heterocycles. The fourth-order valence-corrected chi connectivity index (χ4v) is 2.74. The minimum atomic E-state index is -1.10. The Hall–Kier alpha value is -2.05. The van der Waals surface area contributed by atoms with Crippen molar-refractivity contribution in [3.05, 3.63) is 51.2 Å². The first-order valence-corrected chi connectivity index (χ1v) is 7.41. The Kier molecular flexibility index (Phi) is 4.82. The van der Waals surface area contributed by atoms with Crippen LogP contribution >= 0.6 is 22.9 Å². The second-order valence-corrected chi connectivity index (χ2v) is 5.63. The predicted molar refractivity (Wildman–Crippen MR) is 83.3 cm³/mol. The van der Waals surface area contributed by atoms with Gasteiger partial charge in [-0.15, -0.1) is 0 Å². The molecule has 3 N–H and O–H groups in total. The normalized spacial score (nSPS) is 11.7. The quantitative estimate of drug-likeness (QED) is 0.796. The molecular formula is C14H13ClN2O3S. The number of nitrogens with one attached hydrogen (secondary N) is 2. The number of aromatic carboxylic acids is 1. The van der Waals surface area contributed by atoms with Crippen LogP contribution in [0, 0.1) is 0 Å². The van der Waals surface area contributed by atoms with Crippen LogP contribution in [-0.2, 0) is 0 Å². The third kappa shape index (κ3) is 4.21. The zero-order valence-electron chi connectivity index (χ0n) is 11.1. The van der Waals surface area contributed by atoms with Gasteiger partial charge in [-0.1, -0.05) is 11.6 Å². The lowest BCUT2D eigenvalue weighted by Crippen LogP contribution is -2.31. The molecule has 5 nitrogen and oxygen atoms in total. The zero-order valence-corrected chi connectivity index (χ0v) is 12.7. The van der Waals surface area contributed by atoms with E-state index in [-0.39, 0.29) is 16.6 Å². The van der Waals surface area contributed by atoms with Crippen LogP contribution in [-0.4, -0.2) is 17.1 Å². The molecule has 0 bridgehead atoms. The molecule has 110 valence electrons. The Bertz CT molecular complexity index is 658. The van der Waals surface area contributed by atoms with E-state index in [1.54, 1.807) is 11.3 Å². The second-order valence-electron chi connectivity index (χ2n) is 4.41. The van der Waals surface area contributed by atoms with Crippen LogP contribution in [0.4, 0.5) is 10.5 Å². The van der Waals surface area contributed by atoms with Crippen molar-refractivity contribution in [3.8, 4) is 0 Å². The largest absolute Gasteiger partial charge is 0.478 e. The molecule has 0 aliphatic carbocycles. The standard InChI is InChI=1S/C14H13ClN2O3S/c1-8(9-2-3-21-7-9)16-14(20)17-12-5-10(13(18)19)4-11(15)6-12/h2-8H,1H3,(H,18,19)(H2,16,17,20). The monoisotopic (exact) mass is 324 g/mol. The highest BCUT2D eigenvalue weighted by Crippen LogP contribution is 2.20. The molecule has 0 saturated heterocycles. The molecular weight excluding hydrogens is 312 g/mol.